The van der Waals surface area contributed by atoms with Crippen LogP contribution in [0.2, 0.25) is 0 Å². The van der Waals surface area contributed by atoms with Gasteiger partial charge in [-0.2, -0.15) is 0 Å². The summed E-state index contributed by atoms with van der Waals surface area (Å²) in [5.41, 5.74) is 1.27. The zero-order valence-electron chi connectivity index (χ0n) is 13.9. The monoisotopic (exact) mass is 332 g/mol. The van der Waals surface area contributed by atoms with E-state index >= 15 is 0 Å². The first kappa shape index (κ1) is 18.0. The Morgan fingerprint density at radius 3 is 2.08 bits per heavy atom. The third-order valence-corrected chi connectivity index (χ3v) is 4.33. The van der Waals surface area contributed by atoms with Crippen LogP contribution in [0.4, 0.5) is 11.4 Å². The van der Waals surface area contributed by atoms with E-state index in [1.165, 1.54) is 0 Å². The molecule has 0 radical (unpaired) electrons. The highest BCUT2D eigenvalue weighted by molar-refractivity contribution is 5.96. The molecule has 6 nitrogen and oxygen atoms in total. The Hall–Kier alpha value is -2.37. The number of carboxylic acid groups (broad SMARTS) is 1. The number of anilines is 2. The summed E-state index contributed by atoms with van der Waals surface area (Å²) < 4.78 is 0. The Bertz CT molecular complexity index is 598. The Morgan fingerprint density at radius 1 is 1.00 bits per heavy atom. The standard InChI is InChI=1S/C18H24N2O4/c1-2-5-16(21)19-12-8-10-13(11-9-12)20-17(22)14-6-3-4-7-15(14)18(23)24/h8-11,14-15H,2-7H2,1H3,(H,19,21)(H,20,22)(H,23,24)/t14-,15+/m1/s1. The van der Waals surface area contributed by atoms with E-state index in [9.17, 15) is 19.5 Å². The average molecular weight is 332 g/mol. The molecule has 130 valence electrons. The van der Waals surface area contributed by atoms with E-state index in [2.05, 4.69) is 10.6 Å². The molecule has 1 fully saturated rings. The van der Waals surface area contributed by atoms with Crippen LogP contribution in [0.25, 0.3) is 0 Å². The van der Waals surface area contributed by atoms with Crippen molar-refractivity contribution in [3.63, 3.8) is 0 Å². The van der Waals surface area contributed by atoms with Gasteiger partial charge in [0, 0.05) is 17.8 Å². The lowest BCUT2D eigenvalue weighted by Gasteiger charge is -2.27. The fraction of sp³-hybridized carbons (Fsp3) is 0.500. The molecule has 1 aliphatic carbocycles. The van der Waals surface area contributed by atoms with Crippen LogP contribution in [0, 0.1) is 11.8 Å². The van der Waals surface area contributed by atoms with E-state index in [1.54, 1.807) is 24.3 Å². The van der Waals surface area contributed by atoms with Gasteiger partial charge < -0.3 is 15.7 Å². The number of carboxylic acids is 1. The Kier molecular flexibility index (Phi) is 6.35. The van der Waals surface area contributed by atoms with Gasteiger partial charge in [-0.3, -0.25) is 14.4 Å². The van der Waals surface area contributed by atoms with Crippen molar-refractivity contribution in [3.05, 3.63) is 24.3 Å². The van der Waals surface area contributed by atoms with E-state index in [0.29, 0.717) is 30.6 Å². The molecule has 0 aliphatic heterocycles. The number of nitrogens with one attached hydrogen (secondary N) is 2. The molecular weight excluding hydrogens is 308 g/mol. The number of amides is 2. The lowest BCUT2D eigenvalue weighted by atomic mass is 9.78. The predicted molar refractivity (Wildman–Crippen MR) is 91.7 cm³/mol. The van der Waals surface area contributed by atoms with Crippen molar-refractivity contribution in [1.29, 1.82) is 0 Å². The van der Waals surface area contributed by atoms with Crippen LogP contribution in [-0.2, 0) is 14.4 Å². The largest absolute Gasteiger partial charge is 0.481 e. The number of benzene rings is 1. The lowest BCUT2D eigenvalue weighted by Crippen LogP contribution is -2.36. The van der Waals surface area contributed by atoms with E-state index < -0.39 is 17.8 Å². The summed E-state index contributed by atoms with van der Waals surface area (Å²) in [5.74, 6) is -2.28. The molecule has 1 saturated carbocycles. The average Bonchev–Trinajstić information content (AvgIpc) is 2.56. The molecule has 0 aromatic heterocycles. The normalized spacial score (nSPS) is 20.2. The number of carbonyl (C=O) groups excluding carboxylic acids is 2. The van der Waals surface area contributed by atoms with Gasteiger partial charge in [0.2, 0.25) is 11.8 Å². The van der Waals surface area contributed by atoms with E-state index in [1.807, 2.05) is 6.92 Å². The van der Waals surface area contributed by atoms with Crippen LogP contribution < -0.4 is 10.6 Å². The Labute approximate surface area is 141 Å². The molecule has 3 N–H and O–H groups in total. The molecule has 0 saturated heterocycles. The fourth-order valence-electron chi connectivity index (χ4n) is 3.06. The van der Waals surface area contributed by atoms with Crippen molar-refractivity contribution in [2.24, 2.45) is 11.8 Å². The summed E-state index contributed by atoms with van der Waals surface area (Å²) in [6, 6.07) is 6.85. The summed E-state index contributed by atoms with van der Waals surface area (Å²) in [4.78, 5) is 35.2. The minimum Gasteiger partial charge on any atom is -0.481 e. The molecule has 2 atom stereocenters. The fourth-order valence-corrected chi connectivity index (χ4v) is 3.06. The van der Waals surface area contributed by atoms with Crippen LogP contribution in [0.5, 0.6) is 0 Å². The molecule has 1 aromatic carbocycles. The van der Waals surface area contributed by atoms with Gasteiger partial charge in [0.25, 0.3) is 0 Å². The molecule has 1 aromatic rings. The van der Waals surface area contributed by atoms with Crippen LogP contribution in [-0.4, -0.2) is 22.9 Å². The van der Waals surface area contributed by atoms with Gasteiger partial charge >= 0.3 is 5.97 Å². The molecule has 0 bridgehead atoms. The molecule has 0 unspecified atom stereocenters. The van der Waals surface area contributed by atoms with E-state index in [-0.39, 0.29) is 11.8 Å². The van der Waals surface area contributed by atoms with Crippen LogP contribution in [0.15, 0.2) is 24.3 Å². The molecule has 6 heteroatoms. The molecular formula is C18H24N2O4. The molecule has 0 spiro atoms. The third-order valence-electron chi connectivity index (χ3n) is 4.33. The van der Waals surface area contributed by atoms with Gasteiger partial charge in [-0.15, -0.1) is 0 Å². The third kappa shape index (κ3) is 4.81. The maximum Gasteiger partial charge on any atom is 0.307 e. The summed E-state index contributed by atoms with van der Waals surface area (Å²) in [7, 11) is 0. The summed E-state index contributed by atoms with van der Waals surface area (Å²) in [5, 5.41) is 14.8. The first-order valence-electron chi connectivity index (χ1n) is 8.45. The second kappa shape index (κ2) is 8.47. The topological polar surface area (TPSA) is 95.5 Å². The molecule has 2 rings (SSSR count). The number of carbonyl (C=O) groups is 3. The van der Waals surface area contributed by atoms with Crippen molar-refractivity contribution < 1.29 is 19.5 Å². The molecule has 2 amide bonds. The first-order valence-corrected chi connectivity index (χ1v) is 8.45. The number of hydrogen-bond donors (Lipinski definition) is 3. The van der Waals surface area contributed by atoms with Crippen LogP contribution >= 0.6 is 0 Å². The lowest BCUT2D eigenvalue weighted by molar-refractivity contribution is -0.147. The Morgan fingerprint density at radius 2 is 1.54 bits per heavy atom. The van der Waals surface area contributed by atoms with Gasteiger partial charge in [0.05, 0.1) is 11.8 Å². The van der Waals surface area contributed by atoms with Gasteiger partial charge in [0.1, 0.15) is 0 Å². The quantitative estimate of drug-likeness (QED) is 0.745. The second-order valence-electron chi connectivity index (χ2n) is 6.20. The van der Waals surface area contributed by atoms with E-state index in [0.717, 1.165) is 19.3 Å². The van der Waals surface area contributed by atoms with Crippen molar-refractivity contribution in [1.82, 2.24) is 0 Å². The van der Waals surface area contributed by atoms with Gasteiger partial charge in [0.15, 0.2) is 0 Å². The summed E-state index contributed by atoms with van der Waals surface area (Å²) >= 11 is 0. The minimum absolute atomic E-state index is 0.0409. The maximum absolute atomic E-state index is 12.4. The molecule has 24 heavy (non-hydrogen) atoms. The number of hydrogen-bond acceptors (Lipinski definition) is 3. The maximum atomic E-state index is 12.4. The van der Waals surface area contributed by atoms with Gasteiger partial charge in [-0.1, -0.05) is 19.8 Å². The van der Waals surface area contributed by atoms with Crippen LogP contribution in [0.1, 0.15) is 45.4 Å². The van der Waals surface area contributed by atoms with E-state index in [4.69, 9.17) is 0 Å². The molecule has 0 heterocycles. The van der Waals surface area contributed by atoms with Gasteiger partial charge in [-0.25, -0.2) is 0 Å². The Balaban J connectivity index is 1.96. The smallest absolute Gasteiger partial charge is 0.307 e. The zero-order chi connectivity index (χ0) is 17.5. The first-order chi connectivity index (χ1) is 11.5. The van der Waals surface area contributed by atoms with Crippen molar-refractivity contribution in [2.75, 3.05) is 10.6 Å². The SMILES string of the molecule is CCCC(=O)Nc1ccc(NC(=O)[C@@H]2CCCC[C@@H]2C(=O)O)cc1. The second-order valence-corrected chi connectivity index (χ2v) is 6.20. The predicted octanol–water partition coefficient (Wildman–Crippen LogP) is 3.25. The number of rotatable bonds is 6. The zero-order valence-corrected chi connectivity index (χ0v) is 13.9. The van der Waals surface area contributed by atoms with Crippen molar-refractivity contribution in [2.45, 2.75) is 45.4 Å². The highest BCUT2D eigenvalue weighted by Crippen LogP contribution is 2.31. The number of aliphatic carboxylic acids is 1. The highest BCUT2D eigenvalue weighted by Gasteiger charge is 2.35. The van der Waals surface area contributed by atoms with Crippen LogP contribution in [0.3, 0.4) is 0 Å². The summed E-state index contributed by atoms with van der Waals surface area (Å²) in [6.07, 6.45) is 4.14. The van der Waals surface area contributed by atoms with Gasteiger partial charge in [-0.05, 0) is 43.5 Å². The molecule has 1 aliphatic rings. The highest BCUT2D eigenvalue weighted by atomic mass is 16.4. The summed E-state index contributed by atoms with van der Waals surface area (Å²) in [6.45, 7) is 1.94. The van der Waals surface area contributed by atoms with Crippen molar-refractivity contribution >= 4 is 29.2 Å². The van der Waals surface area contributed by atoms with Crippen molar-refractivity contribution in [3.8, 4) is 0 Å². The minimum atomic E-state index is -0.899.